The van der Waals surface area contributed by atoms with Crippen molar-refractivity contribution in [1.82, 2.24) is 9.80 Å². The van der Waals surface area contributed by atoms with Crippen molar-refractivity contribution in [3.05, 3.63) is 45.7 Å². The zero-order valence-corrected chi connectivity index (χ0v) is 22.2. The fourth-order valence-corrected chi connectivity index (χ4v) is 6.83. The van der Waals surface area contributed by atoms with Crippen LogP contribution in [-0.4, -0.2) is 99.0 Å². The minimum Gasteiger partial charge on any atom is -0.510 e. The maximum absolute atomic E-state index is 15.4. The van der Waals surface area contributed by atoms with E-state index >= 15 is 4.39 Å². The Labute approximate surface area is 228 Å². The molecule has 0 spiro atoms. The number of primary amides is 1. The molecule has 2 amide bonds. The van der Waals surface area contributed by atoms with Crippen LogP contribution in [0, 0.1) is 17.7 Å². The molecule has 5 atom stereocenters. The molecule has 214 valence electrons. The zero-order valence-electron chi connectivity index (χ0n) is 22.2. The van der Waals surface area contributed by atoms with Gasteiger partial charge >= 0.3 is 0 Å². The molecule has 3 aliphatic carbocycles. The third kappa shape index (κ3) is 3.75. The summed E-state index contributed by atoms with van der Waals surface area (Å²) in [6.07, 6.45) is 1.01. The number of phenols is 1. The molecule has 13 heteroatoms. The normalized spacial score (nSPS) is 30.4. The Balaban J connectivity index is 1.62. The number of likely N-dealkylation sites (tertiary alicyclic amines) is 1. The van der Waals surface area contributed by atoms with Gasteiger partial charge in [0.1, 0.15) is 22.9 Å². The summed E-state index contributed by atoms with van der Waals surface area (Å²) < 4.78 is 15.4. The van der Waals surface area contributed by atoms with Crippen molar-refractivity contribution in [3.8, 4) is 5.75 Å². The van der Waals surface area contributed by atoms with Crippen molar-refractivity contribution in [2.24, 2.45) is 17.6 Å². The lowest BCUT2D eigenvalue weighted by Crippen LogP contribution is -2.63. The number of aliphatic hydroxyl groups excluding tert-OH is 2. The van der Waals surface area contributed by atoms with Crippen LogP contribution < -0.4 is 11.1 Å². The van der Waals surface area contributed by atoms with Crippen LogP contribution in [0.5, 0.6) is 5.75 Å². The van der Waals surface area contributed by atoms with E-state index in [-0.39, 0.29) is 24.1 Å². The van der Waals surface area contributed by atoms with Crippen molar-refractivity contribution >= 4 is 29.1 Å². The number of amides is 2. The number of rotatable bonds is 4. The van der Waals surface area contributed by atoms with Crippen LogP contribution in [0.2, 0.25) is 0 Å². The molecule has 1 aromatic carbocycles. The van der Waals surface area contributed by atoms with Gasteiger partial charge < -0.3 is 31.5 Å². The molecule has 1 aromatic rings. The highest BCUT2D eigenvalue weighted by Gasteiger charge is 2.63. The number of nitrogens with two attached hydrogens (primary N) is 1. The molecule has 7 N–H and O–H groups in total. The van der Waals surface area contributed by atoms with Crippen LogP contribution in [0.15, 0.2) is 28.7 Å². The maximum Gasteiger partial charge on any atom is 0.255 e. The maximum atomic E-state index is 15.4. The number of hydrogen-bond acceptors (Lipinski definition) is 10. The minimum atomic E-state index is -2.79. The molecule has 1 fully saturated rings. The van der Waals surface area contributed by atoms with E-state index in [2.05, 4.69) is 5.32 Å². The summed E-state index contributed by atoms with van der Waals surface area (Å²) in [6.45, 7) is 0.692. The summed E-state index contributed by atoms with van der Waals surface area (Å²) in [5, 5.41) is 47.2. The molecule has 0 saturated carbocycles. The first-order valence-electron chi connectivity index (χ1n) is 12.9. The Bertz CT molecular complexity index is 1440. The lowest BCUT2D eigenvalue weighted by Gasteiger charge is -2.50. The van der Waals surface area contributed by atoms with E-state index in [4.69, 9.17) is 5.73 Å². The smallest absolute Gasteiger partial charge is 0.255 e. The molecule has 1 aliphatic heterocycles. The largest absolute Gasteiger partial charge is 0.510 e. The van der Waals surface area contributed by atoms with Gasteiger partial charge in [-0.2, -0.15) is 0 Å². The number of carbonyl (C=O) groups excluding carboxylic acids is 4. The third-order valence-electron chi connectivity index (χ3n) is 8.75. The van der Waals surface area contributed by atoms with Crippen LogP contribution in [0.3, 0.4) is 0 Å². The number of fused-ring (bicyclic) bond motifs is 3. The topological polar surface area (TPSA) is 194 Å². The molecule has 4 aliphatic rings. The van der Waals surface area contributed by atoms with E-state index in [1.165, 1.54) is 19.0 Å². The van der Waals surface area contributed by atoms with Gasteiger partial charge in [0.25, 0.3) is 5.91 Å². The number of aromatic hydroxyl groups is 1. The van der Waals surface area contributed by atoms with Crippen LogP contribution in [-0.2, 0) is 20.8 Å². The zero-order chi connectivity index (χ0) is 29.4. The van der Waals surface area contributed by atoms with Gasteiger partial charge in [-0.25, -0.2) is 4.39 Å². The predicted octanol–water partition coefficient (Wildman–Crippen LogP) is 0.292. The lowest BCUT2D eigenvalue weighted by molar-refractivity contribution is -0.148. The number of ketones is 2. The third-order valence-corrected chi connectivity index (χ3v) is 8.75. The van der Waals surface area contributed by atoms with Gasteiger partial charge in [-0.1, -0.05) is 0 Å². The monoisotopic (exact) mass is 558 g/mol. The number of anilines is 1. The summed E-state index contributed by atoms with van der Waals surface area (Å²) in [6, 6.07) is -0.710. The van der Waals surface area contributed by atoms with Crippen LogP contribution in [0.25, 0.3) is 0 Å². The van der Waals surface area contributed by atoms with E-state index in [1.54, 1.807) is 7.05 Å². The first kappa shape index (κ1) is 27.7. The Kier molecular flexibility index (Phi) is 6.51. The van der Waals surface area contributed by atoms with Crippen LogP contribution in [0.4, 0.5) is 10.1 Å². The number of Topliss-reactive ketones (excluding diaryl/α,β-unsaturated/α-hetero) is 2. The summed E-state index contributed by atoms with van der Waals surface area (Å²) in [7, 11) is 4.80. The molecule has 1 saturated heterocycles. The van der Waals surface area contributed by atoms with Crippen molar-refractivity contribution in [2.45, 2.75) is 43.4 Å². The number of allylic oxidation sites excluding steroid dienone is 1. The molecule has 0 bridgehead atoms. The minimum absolute atomic E-state index is 0.147. The second-order valence-electron chi connectivity index (χ2n) is 11.2. The Morgan fingerprint density at radius 2 is 1.90 bits per heavy atom. The number of phenolic OH excluding ortho intramolecular Hbond substituents is 1. The predicted molar refractivity (Wildman–Crippen MR) is 138 cm³/mol. The molecule has 12 nitrogen and oxygen atoms in total. The molecular formula is C27H31FN4O8. The van der Waals surface area contributed by atoms with E-state index in [0.717, 1.165) is 12.5 Å². The first-order chi connectivity index (χ1) is 18.7. The molecule has 0 radical (unpaired) electrons. The summed E-state index contributed by atoms with van der Waals surface area (Å²) in [5.74, 6) is -9.62. The molecule has 0 aromatic heterocycles. The number of nitrogens with one attached hydrogen (secondary N) is 1. The number of nitrogens with zero attached hydrogens (tertiary/aromatic N) is 2. The highest BCUT2D eigenvalue weighted by Crippen LogP contribution is 2.53. The Morgan fingerprint density at radius 1 is 1.23 bits per heavy atom. The number of aliphatic hydroxyl groups is 3. The molecular weight excluding hydrogens is 527 g/mol. The number of likely N-dealkylation sites (N-methyl/N-ethyl adjacent to an activating group) is 2. The summed E-state index contributed by atoms with van der Waals surface area (Å²) in [4.78, 5) is 55.2. The van der Waals surface area contributed by atoms with Gasteiger partial charge in [0.15, 0.2) is 17.1 Å². The Hall–Kier alpha value is -3.81. The van der Waals surface area contributed by atoms with Gasteiger partial charge in [0.2, 0.25) is 11.7 Å². The van der Waals surface area contributed by atoms with Crippen molar-refractivity contribution in [1.29, 1.82) is 0 Å². The molecule has 1 heterocycles. The number of halogens is 1. The van der Waals surface area contributed by atoms with Crippen molar-refractivity contribution in [2.75, 3.05) is 33.0 Å². The van der Waals surface area contributed by atoms with Crippen molar-refractivity contribution in [3.63, 3.8) is 0 Å². The van der Waals surface area contributed by atoms with Crippen molar-refractivity contribution < 1.29 is 44.0 Å². The van der Waals surface area contributed by atoms with Gasteiger partial charge in [-0.3, -0.25) is 29.0 Å². The van der Waals surface area contributed by atoms with Gasteiger partial charge in [-0.05, 0) is 59.3 Å². The second-order valence-corrected chi connectivity index (χ2v) is 11.2. The van der Waals surface area contributed by atoms with E-state index in [0.29, 0.717) is 13.0 Å². The summed E-state index contributed by atoms with van der Waals surface area (Å²) >= 11 is 0. The second kappa shape index (κ2) is 9.39. The highest BCUT2D eigenvalue weighted by molar-refractivity contribution is 6.25. The quantitative estimate of drug-likeness (QED) is 0.221. The van der Waals surface area contributed by atoms with E-state index in [9.17, 15) is 39.6 Å². The SMILES string of the molecule is CN1CCCC1C(=O)Nc1cc(F)c2c(c1O)C(=O)C1=C(O)[C@]3(O)C(=O)C(C(N)=O)=C(O)[C@@H](N(C)C)[C@@H]3C[C@@H]1C2. The highest BCUT2D eigenvalue weighted by atomic mass is 19.1. The van der Waals surface area contributed by atoms with Gasteiger partial charge in [-0.15, -0.1) is 0 Å². The molecule has 1 unspecified atom stereocenters. The molecule has 5 rings (SSSR count). The van der Waals surface area contributed by atoms with Gasteiger partial charge in [0, 0.05) is 23.1 Å². The average Bonchev–Trinajstić information content (AvgIpc) is 3.30. The fraction of sp³-hybridized carbons (Fsp3) is 0.481. The number of hydrogen-bond donors (Lipinski definition) is 6. The van der Waals surface area contributed by atoms with E-state index in [1.807, 2.05) is 4.90 Å². The number of benzene rings is 1. The lowest BCUT2D eigenvalue weighted by atomic mass is 9.58. The fourth-order valence-electron chi connectivity index (χ4n) is 6.83. The van der Waals surface area contributed by atoms with E-state index < -0.39 is 92.7 Å². The summed E-state index contributed by atoms with van der Waals surface area (Å²) in [5.41, 5.74) is 0.228. The molecule has 40 heavy (non-hydrogen) atoms. The Morgan fingerprint density at radius 3 is 2.48 bits per heavy atom. The first-order valence-corrected chi connectivity index (χ1v) is 12.9. The van der Waals surface area contributed by atoms with Crippen LogP contribution in [0.1, 0.15) is 35.2 Å². The van der Waals surface area contributed by atoms with Gasteiger partial charge in [0.05, 0.1) is 23.3 Å². The average molecular weight is 559 g/mol. The number of carbonyl (C=O) groups is 4. The standard InChI is InChI=1S/C27H31FN4O8/c1-31(2)19-12-8-10-7-11-13(28)9-14(30-26(39)15-5-4-6-32(15)3)20(33)17(11)21(34)16(10)23(36)27(12,40)24(37)18(22(19)35)25(29)38/h9-10,12,15,19,33,35-36,40H,4-8H2,1-3H3,(H2,29,38)(H,30,39)/t10-,12-,15?,19-,27-/m0/s1. The van der Waals surface area contributed by atoms with Crippen LogP contribution >= 0.6 is 0 Å².